The maximum atomic E-state index is 10.9. The van der Waals surface area contributed by atoms with Gasteiger partial charge in [-0.1, -0.05) is 19.9 Å². The molecule has 92 valence electrons. The van der Waals surface area contributed by atoms with Gasteiger partial charge in [-0.3, -0.25) is 4.79 Å². The number of fused-ring (bicyclic) bond motifs is 1. The van der Waals surface area contributed by atoms with Crippen molar-refractivity contribution in [3.8, 4) is 11.5 Å². The summed E-state index contributed by atoms with van der Waals surface area (Å²) in [5.41, 5.74) is 2.10. The standard InChI is InChI=1S/C13H16O4/c1-3-10-9(6-8(2)13(14)15)4-5-11-12(10)17-7-16-11/h4-5,8H,3,6-7H2,1-2H3,(H,14,15). The Kier molecular flexibility index (Phi) is 3.22. The Bertz CT molecular complexity index is 439. The molecule has 4 nitrogen and oxygen atoms in total. The molecule has 1 aromatic rings. The number of carboxylic acids is 1. The van der Waals surface area contributed by atoms with E-state index in [1.807, 2.05) is 19.1 Å². The van der Waals surface area contributed by atoms with Crippen LogP contribution in [0, 0.1) is 5.92 Å². The van der Waals surface area contributed by atoms with Gasteiger partial charge in [0.2, 0.25) is 6.79 Å². The van der Waals surface area contributed by atoms with Crippen LogP contribution in [0.2, 0.25) is 0 Å². The predicted molar refractivity (Wildman–Crippen MR) is 62.4 cm³/mol. The molecule has 4 heteroatoms. The predicted octanol–water partition coefficient (Wildman–Crippen LogP) is 2.24. The lowest BCUT2D eigenvalue weighted by molar-refractivity contribution is -0.141. The van der Waals surface area contributed by atoms with E-state index in [-0.39, 0.29) is 12.7 Å². The van der Waals surface area contributed by atoms with Crippen LogP contribution in [0.15, 0.2) is 12.1 Å². The molecule has 1 N–H and O–H groups in total. The molecule has 0 bridgehead atoms. The van der Waals surface area contributed by atoms with Crippen molar-refractivity contribution in [2.45, 2.75) is 26.7 Å². The Hall–Kier alpha value is -1.71. The normalized spacial score (nSPS) is 14.7. The van der Waals surface area contributed by atoms with Gasteiger partial charge in [0.25, 0.3) is 0 Å². The maximum Gasteiger partial charge on any atom is 0.306 e. The van der Waals surface area contributed by atoms with Crippen molar-refractivity contribution in [3.05, 3.63) is 23.3 Å². The molecule has 0 spiro atoms. The largest absolute Gasteiger partial charge is 0.481 e. The smallest absolute Gasteiger partial charge is 0.306 e. The third-order valence-corrected chi connectivity index (χ3v) is 3.04. The van der Waals surface area contributed by atoms with Gasteiger partial charge >= 0.3 is 5.97 Å². The lowest BCUT2D eigenvalue weighted by Crippen LogP contribution is -2.13. The van der Waals surface area contributed by atoms with Crippen LogP contribution in [0.25, 0.3) is 0 Å². The van der Waals surface area contributed by atoms with E-state index in [0.717, 1.165) is 29.0 Å². The molecule has 0 aliphatic carbocycles. The summed E-state index contributed by atoms with van der Waals surface area (Å²) in [5.74, 6) is 0.376. The quantitative estimate of drug-likeness (QED) is 0.871. The Morgan fingerprint density at radius 1 is 1.47 bits per heavy atom. The minimum absolute atomic E-state index is 0.250. The summed E-state index contributed by atoms with van der Waals surface area (Å²) in [6.45, 7) is 4.00. The first kappa shape index (κ1) is 11.8. The number of hydrogen-bond acceptors (Lipinski definition) is 3. The Morgan fingerprint density at radius 2 is 2.24 bits per heavy atom. The van der Waals surface area contributed by atoms with Crippen LogP contribution < -0.4 is 9.47 Å². The molecule has 0 saturated heterocycles. The van der Waals surface area contributed by atoms with E-state index in [4.69, 9.17) is 14.6 Å². The van der Waals surface area contributed by atoms with Gasteiger partial charge in [0.15, 0.2) is 11.5 Å². The van der Waals surface area contributed by atoms with Crippen LogP contribution in [-0.2, 0) is 17.6 Å². The van der Waals surface area contributed by atoms with Crippen molar-refractivity contribution in [2.75, 3.05) is 6.79 Å². The third kappa shape index (κ3) is 2.20. The molecular weight excluding hydrogens is 220 g/mol. The van der Waals surface area contributed by atoms with E-state index in [1.54, 1.807) is 6.92 Å². The van der Waals surface area contributed by atoms with E-state index < -0.39 is 5.97 Å². The van der Waals surface area contributed by atoms with Crippen LogP contribution >= 0.6 is 0 Å². The van der Waals surface area contributed by atoms with Crippen molar-refractivity contribution < 1.29 is 19.4 Å². The maximum absolute atomic E-state index is 10.9. The fourth-order valence-electron chi connectivity index (χ4n) is 2.07. The minimum atomic E-state index is -0.773. The fraction of sp³-hybridized carbons (Fsp3) is 0.462. The summed E-state index contributed by atoms with van der Waals surface area (Å²) in [6, 6.07) is 3.79. The highest BCUT2D eigenvalue weighted by Crippen LogP contribution is 2.38. The monoisotopic (exact) mass is 236 g/mol. The average Bonchev–Trinajstić information content (AvgIpc) is 2.76. The molecule has 1 heterocycles. The van der Waals surface area contributed by atoms with Gasteiger partial charge in [-0.2, -0.15) is 0 Å². The zero-order valence-electron chi connectivity index (χ0n) is 10.0. The number of hydrogen-bond donors (Lipinski definition) is 1. The highest BCUT2D eigenvalue weighted by molar-refractivity contribution is 5.70. The molecule has 1 aliphatic rings. The molecule has 1 aliphatic heterocycles. The van der Waals surface area contributed by atoms with Gasteiger partial charge in [0, 0.05) is 5.56 Å². The van der Waals surface area contributed by atoms with Gasteiger partial charge in [-0.25, -0.2) is 0 Å². The summed E-state index contributed by atoms with van der Waals surface area (Å²) in [6.07, 6.45) is 1.34. The van der Waals surface area contributed by atoms with E-state index in [0.29, 0.717) is 6.42 Å². The number of rotatable bonds is 4. The summed E-state index contributed by atoms with van der Waals surface area (Å²) in [7, 11) is 0. The minimum Gasteiger partial charge on any atom is -0.481 e. The molecule has 1 aromatic carbocycles. The molecule has 0 amide bonds. The molecule has 2 rings (SSSR count). The SMILES string of the molecule is CCc1c(CC(C)C(=O)O)ccc2c1OCO2. The van der Waals surface area contributed by atoms with Gasteiger partial charge in [0.1, 0.15) is 0 Å². The third-order valence-electron chi connectivity index (χ3n) is 3.04. The second-order valence-electron chi connectivity index (χ2n) is 4.23. The first-order valence-corrected chi connectivity index (χ1v) is 5.76. The zero-order chi connectivity index (χ0) is 12.4. The average molecular weight is 236 g/mol. The zero-order valence-corrected chi connectivity index (χ0v) is 10.0. The van der Waals surface area contributed by atoms with Gasteiger partial charge in [-0.15, -0.1) is 0 Å². The van der Waals surface area contributed by atoms with Crippen molar-refractivity contribution in [3.63, 3.8) is 0 Å². The lowest BCUT2D eigenvalue weighted by Gasteiger charge is -2.12. The molecular formula is C13H16O4. The Labute approximate surface area is 100 Å². The molecule has 0 fully saturated rings. The molecule has 0 saturated carbocycles. The summed E-state index contributed by atoms with van der Waals surface area (Å²) in [4.78, 5) is 10.9. The van der Waals surface area contributed by atoms with Crippen molar-refractivity contribution in [1.82, 2.24) is 0 Å². The lowest BCUT2D eigenvalue weighted by atomic mass is 9.94. The Balaban J connectivity index is 2.31. The molecule has 0 radical (unpaired) electrons. The number of carboxylic acid groups (broad SMARTS) is 1. The van der Waals surface area contributed by atoms with Crippen LogP contribution in [-0.4, -0.2) is 17.9 Å². The van der Waals surface area contributed by atoms with E-state index in [2.05, 4.69) is 0 Å². The van der Waals surface area contributed by atoms with E-state index >= 15 is 0 Å². The number of aliphatic carboxylic acids is 1. The first-order valence-electron chi connectivity index (χ1n) is 5.76. The van der Waals surface area contributed by atoms with Gasteiger partial charge in [0.05, 0.1) is 5.92 Å². The second-order valence-corrected chi connectivity index (χ2v) is 4.23. The number of ether oxygens (including phenoxy) is 2. The second kappa shape index (κ2) is 4.65. The van der Waals surface area contributed by atoms with Crippen LogP contribution in [0.3, 0.4) is 0 Å². The summed E-state index contributed by atoms with van der Waals surface area (Å²) < 4.78 is 10.7. The summed E-state index contributed by atoms with van der Waals surface area (Å²) in [5, 5.41) is 8.94. The topological polar surface area (TPSA) is 55.8 Å². The molecule has 17 heavy (non-hydrogen) atoms. The van der Waals surface area contributed by atoms with E-state index in [1.165, 1.54) is 0 Å². The van der Waals surface area contributed by atoms with Crippen LogP contribution in [0.5, 0.6) is 11.5 Å². The summed E-state index contributed by atoms with van der Waals surface area (Å²) >= 11 is 0. The first-order chi connectivity index (χ1) is 8.13. The van der Waals surface area contributed by atoms with Gasteiger partial charge in [-0.05, 0) is 24.5 Å². The Morgan fingerprint density at radius 3 is 2.88 bits per heavy atom. The van der Waals surface area contributed by atoms with Crippen LogP contribution in [0.4, 0.5) is 0 Å². The highest BCUT2D eigenvalue weighted by atomic mass is 16.7. The van der Waals surface area contributed by atoms with E-state index in [9.17, 15) is 4.79 Å². The number of carbonyl (C=O) groups is 1. The van der Waals surface area contributed by atoms with Crippen LogP contribution in [0.1, 0.15) is 25.0 Å². The van der Waals surface area contributed by atoms with Crippen molar-refractivity contribution in [1.29, 1.82) is 0 Å². The molecule has 0 aromatic heterocycles. The van der Waals surface area contributed by atoms with Crippen molar-refractivity contribution in [2.24, 2.45) is 5.92 Å². The fourth-order valence-corrected chi connectivity index (χ4v) is 2.07. The molecule has 1 unspecified atom stereocenters. The van der Waals surface area contributed by atoms with Gasteiger partial charge < -0.3 is 14.6 Å². The van der Waals surface area contributed by atoms with Crippen molar-refractivity contribution >= 4 is 5.97 Å². The highest BCUT2D eigenvalue weighted by Gasteiger charge is 2.21. The molecule has 1 atom stereocenters. The number of benzene rings is 1.